The first-order valence-electron chi connectivity index (χ1n) is 6.92. The quantitative estimate of drug-likeness (QED) is 0.829. The molecule has 0 aliphatic rings. The Kier molecular flexibility index (Phi) is 5.67. The lowest BCUT2D eigenvalue weighted by molar-refractivity contribution is 0.0947. The zero-order chi connectivity index (χ0) is 15.9. The van der Waals surface area contributed by atoms with Crippen molar-refractivity contribution in [2.24, 2.45) is 0 Å². The van der Waals surface area contributed by atoms with E-state index in [-0.39, 0.29) is 5.91 Å². The predicted molar refractivity (Wildman–Crippen MR) is 87.0 cm³/mol. The summed E-state index contributed by atoms with van der Waals surface area (Å²) in [7, 11) is 1.60. The maximum Gasteiger partial charge on any atom is 0.252 e. The Hall–Kier alpha value is -2.20. The van der Waals surface area contributed by atoms with E-state index in [1.807, 2.05) is 25.1 Å². The van der Waals surface area contributed by atoms with Gasteiger partial charge in [0, 0.05) is 0 Å². The molecule has 1 N–H and O–H groups in total. The topological polar surface area (TPSA) is 47.6 Å². The molecule has 0 aliphatic heterocycles. The fraction of sp³-hybridized carbons (Fsp3) is 0.235. The fourth-order valence-corrected chi connectivity index (χ4v) is 2.18. The van der Waals surface area contributed by atoms with Crippen molar-refractivity contribution in [1.82, 2.24) is 5.32 Å². The Labute approximate surface area is 135 Å². The smallest absolute Gasteiger partial charge is 0.252 e. The molecule has 2 aromatic carbocycles. The van der Waals surface area contributed by atoms with Crippen LogP contribution in [-0.4, -0.2) is 26.2 Å². The predicted octanol–water partition coefficient (Wildman–Crippen LogP) is 3.47. The van der Waals surface area contributed by atoms with Crippen molar-refractivity contribution in [1.29, 1.82) is 0 Å². The van der Waals surface area contributed by atoms with E-state index in [4.69, 9.17) is 21.1 Å². The second-order valence-electron chi connectivity index (χ2n) is 4.74. The first-order chi connectivity index (χ1) is 10.6. The van der Waals surface area contributed by atoms with Gasteiger partial charge in [0.15, 0.2) is 11.5 Å². The van der Waals surface area contributed by atoms with E-state index >= 15 is 0 Å². The van der Waals surface area contributed by atoms with Crippen LogP contribution in [0.25, 0.3) is 0 Å². The Morgan fingerprint density at radius 1 is 1.18 bits per heavy atom. The number of halogens is 1. The molecule has 116 valence electrons. The Morgan fingerprint density at radius 2 is 1.95 bits per heavy atom. The van der Waals surface area contributed by atoms with Gasteiger partial charge in [0.25, 0.3) is 5.91 Å². The van der Waals surface area contributed by atoms with Crippen LogP contribution in [0.4, 0.5) is 0 Å². The summed E-state index contributed by atoms with van der Waals surface area (Å²) in [6.45, 7) is 2.70. The molecule has 0 bridgehead atoms. The highest BCUT2D eigenvalue weighted by Gasteiger charge is 2.09. The zero-order valence-electron chi connectivity index (χ0n) is 12.6. The van der Waals surface area contributed by atoms with E-state index in [0.717, 1.165) is 5.56 Å². The molecular formula is C17H18ClNO3. The molecule has 0 spiro atoms. The molecule has 0 aromatic heterocycles. The van der Waals surface area contributed by atoms with Gasteiger partial charge in [-0.25, -0.2) is 0 Å². The number of aryl methyl sites for hydroxylation is 1. The van der Waals surface area contributed by atoms with Crippen LogP contribution in [0, 0.1) is 6.92 Å². The van der Waals surface area contributed by atoms with Crippen LogP contribution in [0.2, 0.25) is 5.02 Å². The number of benzene rings is 2. The second-order valence-corrected chi connectivity index (χ2v) is 5.15. The van der Waals surface area contributed by atoms with Gasteiger partial charge in [0.05, 0.1) is 24.2 Å². The molecule has 0 radical (unpaired) electrons. The standard InChI is InChI=1S/C17H18ClNO3/c1-12-7-8-15(16(11-12)21-2)22-10-9-19-17(20)13-5-3-4-6-14(13)18/h3-8,11H,9-10H2,1-2H3,(H,19,20). The zero-order valence-corrected chi connectivity index (χ0v) is 13.3. The summed E-state index contributed by atoms with van der Waals surface area (Å²) in [4.78, 5) is 12.0. The summed E-state index contributed by atoms with van der Waals surface area (Å²) in [5, 5.41) is 3.20. The molecule has 0 saturated heterocycles. The first kappa shape index (κ1) is 16.2. The third kappa shape index (κ3) is 4.15. The summed E-state index contributed by atoms with van der Waals surface area (Å²) < 4.78 is 10.9. The maximum absolute atomic E-state index is 12.0. The van der Waals surface area contributed by atoms with Gasteiger partial charge in [-0.3, -0.25) is 4.79 Å². The molecule has 0 unspecified atom stereocenters. The minimum atomic E-state index is -0.218. The SMILES string of the molecule is COc1cc(C)ccc1OCCNC(=O)c1ccccc1Cl. The summed E-state index contributed by atoms with van der Waals surface area (Å²) in [5.41, 5.74) is 1.55. The molecule has 0 saturated carbocycles. The van der Waals surface area contributed by atoms with Crippen molar-refractivity contribution >= 4 is 17.5 Å². The van der Waals surface area contributed by atoms with Gasteiger partial charge in [0.1, 0.15) is 6.61 Å². The van der Waals surface area contributed by atoms with Gasteiger partial charge in [0.2, 0.25) is 0 Å². The molecule has 2 rings (SSSR count). The van der Waals surface area contributed by atoms with E-state index in [1.165, 1.54) is 0 Å². The molecular weight excluding hydrogens is 302 g/mol. The highest BCUT2D eigenvalue weighted by atomic mass is 35.5. The van der Waals surface area contributed by atoms with Gasteiger partial charge in [-0.05, 0) is 36.8 Å². The van der Waals surface area contributed by atoms with Gasteiger partial charge < -0.3 is 14.8 Å². The van der Waals surface area contributed by atoms with Crippen molar-refractivity contribution in [2.45, 2.75) is 6.92 Å². The van der Waals surface area contributed by atoms with Gasteiger partial charge in [-0.15, -0.1) is 0 Å². The number of ether oxygens (including phenoxy) is 2. The third-order valence-corrected chi connectivity index (χ3v) is 3.41. The van der Waals surface area contributed by atoms with Crippen LogP contribution in [0.1, 0.15) is 15.9 Å². The van der Waals surface area contributed by atoms with E-state index in [9.17, 15) is 4.79 Å². The van der Waals surface area contributed by atoms with E-state index < -0.39 is 0 Å². The largest absolute Gasteiger partial charge is 0.493 e. The van der Waals surface area contributed by atoms with E-state index in [0.29, 0.717) is 35.2 Å². The van der Waals surface area contributed by atoms with Gasteiger partial charge >= 0.3 is 0 Å². The van der Waals surface area contributed by atoms with Crippen LogP contribution in [-0.2, 0) is 0 Å². The van der Waals surface area contributed by atoms with Crippen LogP contribution in [0.5, 0.6) is 11.5 Å². The molecule has 22 heavy (non-hydrogen) atoms. The average molecular weight is 320 g/mol. The van der Waals surface area contributed by atoms with Crippen LogP contribution in [0.15, 0.2) is 42.5 Å². The lowest BCUT2D eigenvalue weighted by Crippen LogP contribution is -2.28. The number of carbonyl (C=O) groups excluding carboxylic acids is 1. The molecule has 5 heteroatoms. The Balaban J connectivity index is 1.85. The Bertz CT molecular complexity index is 658. The number of carbonyl (C=O) groups is 1. The van der Waals surface area contributed by atoms with Crippen LogP contribution >= 0.6 is 11.6 Å². The number of nitrogens with one attached hydrogen (secondary N) is 1. The fourth-order valence-electron chi connectivity index (χ4n) is 1.96. The van der Waals surface area contributed by atoms with Crippen molar-refractivity contribution in [3.05, 3.63) is 58.6 Å². The number of amides is 1. The highest BCUT2D eigenvalue weighted by molar-refractivity contribution is 6.33. The summed E-state index contributed by atoms with van der Waals surface area (Å²) in [6, 6.07) is 12.6. The van der Waals surface area contributed by atoms with Gasteiger partial charge in [-0.1, -0.05) is 29.8 Å². The lowest BCUT2D eigenvalue weighted by atomic mass is 10.2. The number of rotatable bonds is 6. The number of methoxy groups -OCH3 is 1. The molecule has 0 atom stereocenters. The minimum Gasteiger partial charge on any atom is -0.493 e. The molecule has 1 amide bonds. The molecule has 2 aromatic rings. The normalized spacial score (nSPS) is 10.1. The highest BCUT2D eigenvalue weighted by Crippen LogP contribution is 2.27. The molecule has 0 fully saturated rings. The summed E-state index contributed by atoms with van der Waals surface area (Å²) in [5.74, 6) is 1.11. The molecule has 0 aliphatic carbocycles. The summed E-state index contributed by atoms with van der Waals surface area (Å²) >= 11 is 5.97. The van der Waals surface area contributed by atoms with Crippen molar-refractivity contribution < 1.29 is 14.3 Å². The molecule has 0 heterocycles. The monoisotopic (exact) mass is 319 g/mol. The van der Waals surface area contributed by atoms with Gasteiger partial charge in [-0.2, -0.15) is 0 Å². The summed E-state index contributed by atoms with van der Waals surface area (Å²) in [6.07, 6.45) is 0. The van der Waals surface area contributed by atoms with E-state index in [1.54, 1.807) is 31.4 Å². The number of hydrogen-bond donors (Lipinski definition) is 1. The minimum absolute atomic E-state index is 0.218. The Morgan fingerprint density at radius 3 is 2.68 bits per heavy atom. The average Bonchev–Trinajstić information content (AvgIpc) is 2.52. The lowest BCUT2D eigenvalue weighted by Gasteiger charge is -2.12. The van der Waals surface area contributed by atoms with E-state index in [2.05, 4.69) is 5.32 Å². The second kappa shape index (κ2) is 7.71. The molecule has 4 nitrogen and oxygen atoms in total. The first-order valence-corrected chi connectivity index (χ1v) is 7.30. The van der Waals surface area contributed by atoms with Crippen LogP contribution in [0.3, 0.4) is 0 Å². The van der Waals surface area contributed by atoms with Crippen molar-refractivity contribution in [3.63, 3.8) is 0 Å². The van der Waals surface area contributed by atoms with Crippen LogP contribution < -0.4 is 14.8 Å². The van der Waals surface area contributed by atoms with Crippen molar-refractivity contribution in [2.75, 3.05) is 20.3 Å². The van der Waals surface area contributed by atoms with Crippen molar-refractivity contribution in [3.8, 4) is 11.5 Å². The number of hydrogen-bond acceptors (Lipinski definition) is 3. The third-order valence-electron chi connectivity index (χ3n) is 3.08. The maximum atomic E-state index is 12.0.